The molecular weight excluding hydrogens is 301 g/mol. The van der Waals surface area contributed by atoms with Gasteiger partial charge in [-0.15, -0.1) is 0 Å². The van der Waals surface area contributed by atoms with Crippen molar-refractivity contribution in [2.45, 2.75) is 6.92 Å². The van der Waals surface area contributed by atoms with Gasteiger partial charge in [0.2, 0.25) is 5.95 Å². The highest BCUT2D eigenvalue weighted by Crippen LogP contribution is 2.17. The standard InChI is InChI=1S/C12H9BrFN3O/c1-7-9(2-3-10(13)16-7)17-12(18)8-4-5-15-11(14)6-8/h2-6H,1H3,(H,17,18). The van der Waals surface area contributed by atoms with Crippen molar-refractivity contribution < 1.29 is 9.18 Å². The van der Waals surface area contributed by atoms with Crippen molar-refractivity contribution in [3.63, 3.8) is 0 Å². The summed E-state index contributed by atoms with van der Waals surface area (Å²) in [7, 11) is 0. The summed E-state index contributed by atoms with van der Waals surface area (Å²) in [5.41, 5.74) is 1.47. The fourth-order valence-electron chi connectivity index (χ4n) is 1.40. The minimum atomic E-state index is -0.687. The molecule has 0 spiro atoms. The second-order valence-electron chi connectivity index (χ2n) is 3.59. The first-order chi connectivity index (χ1) is 8.56. The van der Waals surface area contributed by atoms with Gasteiger partial charge in [0.1, 0.15) is 4.60 Å². The molecule has 1 amide bonds. The van der Waals surface area contributed by atoms with E-state index in [1.165, 1.54) is 12.3 Å². The van der Waals surface area contributed by atoms with Gasteiger partial charge in [-0.3, -0.25) is 4.79 Å². The lowest BCUT2D eigenvalue weighted by atomic mass is 10.2. The van der Waals surface area contributed by atoms with Crippen molar-refractivity contribution in [2.24, 2.45) is 0 Å². The Morgan fingerprint density at radius 2 is 2.17 bits per heavy atom. The minimum absolute atomic E-state index is 0.213. The summed E-state index contributed by atoms with van der Waals surface area (Å²) >= 11 is 3.24. The molecule has 2 aromatic rings. The number of hydrogen-bond acceptors (Lipinski definition) is 3. The van der Waals surface area contributed by atoms with Gasteiger partial charge in [0, 0.05) is 17.8 Å². The molecule has 2 heterocycles. The van der Waals surface area contributed by atoms with Gasteiger partial charge in [-0.05, 0) is 41.1 Å². The maximum Gasteiger partial charge on any atom is 0.255 e. The van der Waals surface area contributed by atoms with Crippen molar-refractivity contribution in [3.8, 4) is 0 Å². The monoisotopic (exact) mass is 309 g/mol. The molecule has 2 rings (SSSR count). The lowest BCUT2D eigenvalue weighted by molar-refractivity contribution is 0.102. The van der Waals surface area contributed by atoms with Gasteiger partial charge in [-0.2, -0.15) is 4.39 Å². The van der Waals surface area contributed by atoms with Crippen LogP contribution in [0.3, 0.4) is 0 Å². The first-order valence-corrected chi connectivity index (χ1v) is 5.91. The van der Waals surface area contributed by atoms with Crippen LogP contribution in [0, 0.1) is 12.9 Å². The highest BCUT2D eigenvalue weighted by atomic mass is 79.9. The van der Waals surface area contributed by atoms with Crippen LogP contribution < -0.4 is 5.32 Å². The molecule has 2 aromatic heterocycles. The molecule has 4 nitrogen and oxygen atoms in total. The molecule has 18 heavy (non-hydrogen) atoms. The van der Waals surface area contributed by atoms with E-state index in [2.05, 4.69) is 31.2 Å². The Hall–Kier alpha value is -1.82. The topological polar surface area (TPSA) is 54.9 Å². The van der Waals surface area contributed by atoms with Crippen molar-refractivity contribution in [1.29, 1.82) is 0 Å². The Balaban J connectivity index is 2.21. The Morgan fingerprint density at radius 3 is 2.83 bits per heavy atom. The summed E-state index contributed by atoms with van der Waals surface area (Å²) in [6.07, 6.45) is 1.25. The van der Waals surface area contributed by atoms with Crippen molar-refractivity contribution in [1.82, 2.24) is 9.97 Å². The number of carbonyl (C=O) groups excluding carboxylic acids is 1. The summed E-state index contributed by atoms with van der Waals surface area (Å²) in [5, 5.41) is 2.66. The van der Waals surface area contributed by atoms with Gasteiger partial charge >= 0.3 is 0 Å². The SMILES string of the molecule is Cc1nc(Br)ccc1NC(=O)c1ccnc(F)c1. The molecule has 92 valence electrons. The molecule has 6 heteroatoms. The van der Waals surface area contributed by atoms with Crippen LogP contribution in [0.4, 0.5) is 10.1 Å². The number of nitrogens with one attached hydrogen (secondary N) is 1. The number of amides is 1. The van der Waals surface area contributed by atoms with E-state index in [0.717, 1.165) is 6.07 Å². The predicted octanol–water partition coefficient (Wildman–Crippen LogP) is 2.94. The van der Waals surface area contributed by atoms with Crippen LogP contribution >= 0.6 is 15.9 Å². The molecule has 0 aromatic carbocycles. The molecule has 0 fully saturated rings. The Kier molecular flexibility index (Phi) is 3.66. The summed E-state index contributed by atoms with van der Waals surface area (Å²) < 4.78 is 13.6. The predicted molar refractivity (Wildman–Crippen MR) is 68.8 cm³/mol. The highest BCUT2D eigenvalue weighted by Gasteiger charge is 2.09. The van der Waals surface area contributed by atoms with Gasteiger partial charge in [0.05, 0.1) is 11.4 Å². The molecule has 1 N–H and O–H groups in total. The minimum Gasteiger partial charge on any atom is -0.320 e. The zero-order valence-electron chi connectivity index (χ0n) is 9.45. The maximum atomic E-state index is 12.9. The average molecular weight is 310 g/mol. The quantitative estimate of drug-likeness (QED) is 0.868. The fourth-order valence-corrected chi connectivity index (χ4v) is 1.80. The first kappa shape index (κ1) is 12.6. The van der Waals surface area contributed by atoms with Crippen molar-refractivity contribution in [3.05, 3.63) is 52.3 Å². The number of nitrogens with zero attached hydrogens (tertiary/aromatic N) is 2. The van der Waals surface area contributed by atoms with E-state index < -0.39 is 11.9 Å². The molecule has 0 radical (unpaired) electrons. The van der Waals surface area contributed by atoms with Gasteiger partial charge in [0.15, 0.2) is 0 Å². The largest absolute Gasteiger partial charge is 0.320 e. The molecule has 0 unspecified atom stereocenters. The second-order valence-corrected chi connectivity index (χ2v) is 4.40. The smallest absolute Gasteiger partial charge is 0.255 e. The van der Waals surface area contributed by atoms with Crippen LogP contribution in [0.2, 0.25) is 0 Å². The molecule has 0 aliphatic rings. The summed E-state index contributed by atoms with van der Waals surface area (Å²) in [4.78, 5) is 19.4. The van der Waals surface area contributed by atoms with E-state index in [4.69, 9.17) is 0 Å². The third-order valence-electron chi connectivity index (χ3n) is 2.29. The van der Waals surface area contributed by atoms with E-state index in [1.54, 1.807) is 19.1 Å². The Bertz CT molecular complexity index is 604. The van der Waals surface area contributed by atoms with E-state index >= 15 is 0 Å². The van der Waals surface area contributed by atoms with E-state index in [-0.39, 0.29) is 5.56 Å². The summed E-state index contributed by atoms with van der Waals surface area (Å²) in [5.74, 6) is -1.09. The second kappa shape index (κ2) is 5.22. The number of pyridine rings is 2. The van der Waals surface area contributed by atoms with E-state index in [9.17, 15) is 9.18 Å². The van der Waals surface area contributed by atoms with Crippen LogP contribution in [0.5, 0.6) is 0 Å². The number of anilines is 1. The van der Waals surface area contributed by atoms with Crippen molar-refractivity contribution >= 4 is 27.5 Å². The van der Waals surface area contributed by atoms with Crippen LogP contribution in [-0.2, 0) is 0 Å². The van der Waals surface area contributed by atoms with Crippen LogP contribution in [0.25, 0.3) is 0 Å². The summed E-state index contributed by atoms with van der Waals surface area (Å²) in [6, 6.07) is 5.97. The number of carbonyl (C=O) groups is 1. The number of halogens is 2. The molecule has 0 atom stereocenters. The number of rotatable bonds is 2. The normalized spacial score (nSPS) is 10.2. The van der Waals surface area contributed by atoms with E-state index in [0.29, 0.717) is 16.0 Å². The van der Waals surface area contributed by atoms with Gasteiger partial charge in [-0.1, -0.05) is 0 Å². The molecule has 0 aliphatic heterocycles. The zero-order chi connectivity index (χ0) is 13.1. The third-order valence-corrected chi connectivity index (χ3v) is 2.73. The molecule has 0 aliphatic carbocycles. The molecule has 0 saturated carbocycles. The van der Waals surface area contributed by atoms with Gasteiger partial charge in [0.25, 0.3) is 5.91 Å². The zero-order valence-corrected chi connectivity index (χ0v) is 11.0. The fraction of sp³-hybridized carbons (Fsp3) is 0.0833. The number of aromatic nitrogens is 2. The molecule has 0 saturated heterocycles. The Labute approximate surface area is 111 Å². The highest BCUT2D eigenvalue weighted by molar-refractivity contribution is 9.10. The third kappa shape index (κ3) is 2.89. The van der Waals surface area contributed by atoms with Gasteiger partial charge < -0.3 is 5.32 Å². The number of aryl methyl sites for hydroxylation is 1. The average Bonchev–Trinajstić information content (AvgIpc) is 2.32. The molecular formula is C12H9BrFN3O. The van der Waals surface area contributed by atoms with E-state index in [1.807, 2.05) is 0 Å². The van der Waals surface area contributed by atoms with Crippen molar-refractivity contribution in [2.75, 3.05) is 5.32 Å². The van der Waals surface area contributed by atoms with Crippen LogP contribution in [0.15, 0.2) is 35.1 Å². The lowest BCUT2D eigenvalue weighted by Gasteiger charge is -2.07. The van der Waals surface area contributed by atoms with Crippen LogP contribution in [0.1, 0.15) is 16.1 Å². The summed E-state index contributed by atoms with van der Waals surface area (Å²) in [6.45, 7) is 1.77. The Morgan fingerprint density at radius 1 is 1.39 bits per heavy atom. The lowest BCUT2D eigenvalue weighted by Crippen LogP contribution is -2.13. The van der Waals surface area contributed by atoms with Gasteiger partial charge in [-0.25, -0.2) is 9.97 Å². The van der Waals surface area contributed by atoms with Crippen LogP contribution in [-0.4, -0.2) is 15.9 Å². The molecule has 0 bridgehead atoms. The first-order valence-electron chi connectivity index (χ1n) is 5.12. The number of hydrogen-bond donors (Lipinski definition) is 1. The maximum absolute atomic E-state index is 12.9.